The van der Waals surface area contributed by atoms with E-state index in [0.717, 1.165) is 41.8 Å². The Kier molecular flexibility index (Phi) is 7.20. The molecule has 0 spiro atoms. The van der Waals surface area contributed by atoms with Gasteiger partial charge in [-0.1, -0.05) is 12.1 Å². The Morgan fingerprint density at radius 1 is 1.35 bits per heavy atom. The second kappa shape index (κ2) is 10.3. The Balaban J connectivity index is 1.25. The predicted molar refractivity (Wildman–Crippen MR) is 126 cm³/mol. The number of halogens is 1. The van der Waals surface area contributed by atoms with Crippen molar-refractivity contribution in [3.05, 3.63) is 64.4 Å². The molecule has 1 aliphatic heterocycles. The Hall–Kier alpha value is -3.35. The predicted octanol–water partition coefficient (Wildman–Crippen LogP) is 3.14. The van der Waals surface area contributed by atoms with Gasteiger partial charge in [0.2, 0.25) is 5.91 Å². The van der Waals surface area contributed by atoms with E-state index < -0.39 is 0 Å². The number of rotatable bonds is 8. The van der Waals surface area contributed by atoms with Gasteiger partial charge in [-0.3, -0.25) is 15.6 Å². The van der Waals surface area contributed by atoms with E-state index in [2.05, 4.69) is 27.0 Å². The first-order valence-electron chi connectivity index (χ1n) is 11.6. The van der Waals surface area contributed by atoms with E-state index in [1.807, 2.05) is 27.0 Å². The fraction of sp³-hybridized carbons (Fsp3) is 0.440. The molecule has 2 unspecified atom stereocenters. The Morgan fingerprint density at radius 3 is 2.94 bits per heavy atom. The molecule has 1 amide bonds. The van der Waals surface area contributed by atoms with Crippen molar-refractivity contribution in [2.75, 3.05) is 13.6 Å². The Labute approximate surface area is 198 Å². The van der Waals surface area contributed by atoms with Gasteiger partial charge in [-0.2, -0.15) is 10.4 Å². The fourth-order valence-electron chi connectivity index (χ4n) is 4.63. The van der Waals surface area contributed by atoms with Crippen molar-refractivity contribution >= 4 is 11.6 Å². The summed E-state index contributed by atoms with van der Waals surface area (Å²) in [4.78, 5) is 19.0. The molecule has 1 aromatic carbocycles. The molecule has 2 N–H and O–H groups in total. The van der Waals surface area contributed by atoms with Crippen LogP contribution in [0.5, 0.6) is 0 Å². The summed E-state index contributed by atoms with van der Waals surface area (Å²) in [5.74, 6) is -0.132. The van der Waals surface area contributed by atoms with Gasteiger partial charge in [-0.25, -0.2) is 13.9 Å². The van der Waals surface area contributed by atoms with Gasteiger partial charge in [0.05, 0.1) is 6.20 Å². The standard InChI is InChI=1S/C25H30FN7O/c1-16-22(17(2)33-25(29-16)19(14-27)15-28-33)9-10-24(34)32(3)11-5-8-21-13-23(31-30-21)18-6-4-7-20(26)12-18/h4,6-7,12,15,21,23,30-31H,5,8-11,13H2,1-3H3. The lowest BCUT2D eigenvalue weighted by Gasteiger charge is -2.19. The summed E-state index contributed by atoms with van der Waals surface area (Å²) in [5.41, 5.74) is 11.2. The van der Waals surface area contributed by atoms with Crippen molar-refractivity contribution in [1.29, 1.82) is 5.26 Å². The molecule has 9 heteroatoms. The van der Waals surface area contributed by atoms with E-state index in [-0.39, 0.29) is 23.8 Å². The summed E-state index contributed by atoms with van der Waals surface area (Å²) < 4.78 is 15.2. The second-order valence-electron chi connectivity index (χ2n) is 8.95. The number of fused-ring (bicyclic) bond motifs is 1. The molecule has 1 aliphatic rings. The Morgan fingerprint density at radius 2 is 2.18 bits per heavy atom. The molecule has 1 saturated heterocycles. The van der Waals surface area contributed by atoms with Crippen molar-refractivity contribution < 1.29 is 9.18 Å². The number of aromatic nitrogens is 3. The minimum Gasteiger partial charge on any atom is -0.346 e. The van der Waals surface area contributed by atoms with Gasteiger partial charge < -0.3 is 4.90 Å². The van der Waals surface area contributed by atoms with Gasteiger partial charge in [-0.05, 0) is 62.8 Å². The van der Waals surface area contributed by atoms with E-state index in [9.17, 15) is 14.4 Å². The van der Waals surface area contributed by atoms with Crippen LogP contribution in [0.15, 0.2) is 30.5 Å². The zero-order valence-corrected chi connectivity index (χ0v) is 19.8. The molecule has 3 heterocycles. The number of benzene rings is 1. The number of amides is 1. The third-order valence-corrected chi connectivity index (χ3v) is 6.62. The van der Waals surface area contributed by atoms with Crippen LogP contribution in [0.25, 0.3) is 5.65 Å². The summed E-state index contributed by atoms with van der Waals surface area (Å²) in [6, 6.07) is 9.18. The highest BCUT2D eigenvalue weighted by Crippen LogP contribution is 2.24. The lowest BCUT2D eigenvalue weighted by Crippen LogP contribution is -2.32. The number of aryl methyl sites for hydroxylation is 2. The molecule has 2 aromatic heterocycles. The molecule has 0 saturated carbocycles. The Bertz CT molecular complexity index is 1230. The van der Waals surface area contributed by atoms with Crippen molar-refractivity contribution in [3.8, 4) is 6.07 Å². The van der Waals surface area contributed by atoms with Gasteiger partial charge in [0.1, 0.15) is 17.4 Å². The highest BCUT2D eigenvalue weighted by Gasteiger charge is 2.25. The smallest absolute Gasteiger partial charge is 0.222 e. The highest BCUT2D eigenvalue weighted by molar-refractivity contribution is 5.76. The molecule has 0 bridgehead atoms. The van der Waals surface area contributed by atoms with E-state index in [1.54, 1.807) is 21.5 Å². The number of nitrogens with zero attached hydrogens (tertiary/aromatic N) is 5. The summed E-state index contributed by atoms with van der Waals surface area (Å²) in [5, 5.41) is 13.5. The summed E-state index contributed by atoms with van der Waals surface area (Å²) in [6.07, 6.45) is 5.18. The average molecular weight is 464 g/mol. The fourth-order valence-corrected chi connectivity index (χ4v) is 4.63. The monoisotopic (exact) mass is 463 g/mol. The number of nitriles is 1. The first-order valence-corrected chi connectivity index (χ1v) is 11.6. The van der Waals surface area contributed by atoms with E-state index >= 15 is 0 Å². The zero-order valence-electron chi connectivity index (χ0n) is 19.8. The van der Waals surface area contributed by atoms with E-state index in [4.69, 9.17) is 0 Å². The van der Waals surface area contributed by atoms with Crippen LogP contribution in [-0.4, -0.2) is 45.0 Å². The van der Waals surface area contributed by atoms with Gasteiger partial charge >= 0.3 is 0 Å². The van der Waals surface area contributed by atoms with Gasteiger partial charge in [0.25, 0.3) is 0 Å². The van der Waals surface area contributed by atoms with Crippen molar-refractivity contribution in [1.82, 2.24) is 30.3 Å². The highest BCUT2D eigenvalue weighted by atomic mass is 19.1. The summed E-state index contributed by atoms with van der Waals surface area (Å²) >= 11 is 0. The first kappa shape index (κ1) is 23.8. The van der Waals surface area contributed by atoms with Crippen molar-refractivity contribution in [2.24, 2.45) is 0 Å². The molecule has 178 valence electrons. The normalized spacial score (nSPS) is 17.7. The van der Waals surface area contributed by atoms with E-state index in [0.29, 0.717) is 30.6 Å². The topological polar surface area (TPSA) is 98.4 Å². The lowest BCUT2D eigenvalue weighted by atomic mass is 9.99. The van der Waals surface area contributed by atoms with Crippen LogP contribution in [0.1, 0.15) is 59.8 Å². The molecule has 1 fully saturated rings. The van der Waals surface area contributed by atoms with Crippen LogP contribution < -0.4 is 10.9 Å². The maximum atomic E-state index is 13.5. The third-order valence-electron chi connectivity index (χ3n) is 6.62. The molecule has 0 radical (unpaired) electrons. The number of nitrogens with one attached hydrogen (secondary N) is 2. The second-order valence-corrected chi connectivity index (χ2v) is 8.95. The minimum atomic E-state index is -0.222. The number of hydrogen-bond donors (Lipinski definition) is 2. The molecule has 4 rings (SSSR count). The third kappa shape index (κ3) is 5.08. The van der Waals surface area contributed by atoms with Crippen LogP contribution >= 0.6 is 0 Å². The van der Waals surface area contributed by atoms with Gasteiger partial charge in [0.15, 0.2) is 5.65 Å². The van der Waals surface area contributed by atoms with Crippen molar-refractivity contribution in [3.63, 3.8) is 0 Å². The largest absolute Gasteiger partial charge is 0.346 e. The number of carbonyl (C=O) groups excluding carboxylic acids is 1. The average Bonchev–Trinajstić information content (AvgIpc) is 3.45. The molecule has 2 atom stereocenters. The molecular formula is C25H30FN7O. The van der Waals surface area contributed by atoms with Crippen LogP contribution in [0.4, 0.5) is 4.39 Å². The SMILES string of the molecule is Cc1nc2c(C#N)cnn2c(C)c1CCC(=O)N(C)CCCC1CC(c2cccc(F)c2)NN1. The molecule has 0 aliphatic carbocycles. The number of hydrogen-bond acceptors (Lipinski definition) is 6. The molecule has 34 heavy (non-hydrogen) atoms. The maximum absolute atomic E-state index is 13.5. The van der Waals surface area contributed by atoms with Gasteiger partial charge in [-0.15, -0.1) is 0 Å². The number of carbonyl (C=O) groups is 1. The molecule has 8 nitrogen and oxygen atoms in total. The summed E-state index contributed by atoms with van der Waals surface area (Å²) in [7, 11) is 1.84. The van der Waals surface area contributed by atoms with Crippen LogP contribution in [0.2, 0.25) is 0 Å². The van der Waals surface area contributed by atoms with Crippen LogP contribution in [0, 0.1) is 31.0 Å². The van der Waals surface area contributed by atoms with Gasteiger partial charge in [0, 0.05) is 43.5 Å². The molecule has 3 aromatic rings. The minimum absolute atomic E-state index is 0.0900. The maximum Gasteiger partial charge on any atom is 0.222 e. The molecular weight excluding hydrogens is 433 g/mol. The van der Waals surface area contributed by atoms with Crippen molar-refractivity contribution in [2.45, 2.75) is 58.0 Å². The van der Waals surface area contributed by atoms with Crippen LogP contribution in [0.3, 0.4) is 0 Å². The first-order chi connectivity index (χ1) is 16.4. The lowest BCUT2D eigenvalue weighted by molar-refractivity contribution is -0.129. The van der Waals surface area contributed by atoms with Crippen LogP contribution in [-0.2, 0) is 11.2 Å². The van der Waals surface area contributed by atoms with E-state index in [1.165, 1.54) is 12.3 Å². The number of hydrazine groups is 1. The zero-order chi connectivity index (χ0) is 24.2. The summed E-state index contributed by atoms with van der Waals surface area (Å²) in [6.45, 7) is 4.53. The quantitative estimate of drug-likeness (QED) is 0.533.